The molecule has 0 unspecified atom stereocenters. The molecule has 2 heterocycles. The Kier molecular flexibility index (Phi) is 5.05. The Labute approximate surface area is 189 Å². The van der Waals surface area contributed by atoms with Crippen LogP contribution in [0.3, 0.4) is 0 Å². The number of nitrogens with zero attached hydrogens (tertiary/aromatic N) is 3. The molecule has 1 fully saturated rings. The van der Waals surface area contributed by atoms with Gasteiger partial charge in [0.15, 0.2) is 0 Å². The number of hydrogen-bond acceptors (Lipinski definition) is 4. The predicted octanol–water partition coefficient (Wildman–Crippen LogP) is 5.57. The monoisotopic (exact) mass is 437 g/mol. The summed E-state index contributed by atoms with van der Waals surface area (Å²) in [5, 5.41) is 9.48. The molecular formula is C25H28ClN3O2. The van der Waals surface area contributed by atoms with Gasteiger partial charge < -0.3 is 9.64 Å². The van der Waals surface area contributed by atoms with Gasteiger partial charge in [0.05, 0.1) is 16.1 Å². The average molecular weight is 438 g/mol. The maximum atomic E-state index is 13.3. The molecule has 6 heteroatoms. The Bertz CT molecular complexity index is 1080. The Balaban J connectivity index is 1.59. The number of nitriles is 1. The Morgan fingerprint density at radius 1 is 1.23 bits per heavy atom. The van der Waals surface area contributed by atoms with Crippen LogP contribution in [0, 0.1) is 22.2 Å². The van der Waals surface area contributed by atoms with Gasteiger partial charge in [-0.25, -0.2) is 0 Å². The number of hydrogen-bond donors (Lipinski definition) is 0. The van der Waals surface area contributed by atoms with Crippen molar-refractivity contribution in [3.05, 3.63) is 57.9 Å². The van der Waals surface area contributed by atoms with Crippen molar-refractivity contribution < 1.29 is 9.53 Å². The van der Waals surface area contributed by atoms with E-state index in [2.05, 4.69) is 58.7 Å². The van der Waals surface area contributed by atoms with E-state index in [1.54, 1.807) is 24.4 Å². The molecule has 0 bridgehead atoms. The lowest BCUT2D eigenvalue weighted by atomic mass is 9.49. The highest BCUT2D eigenvalue weighted by molar-refractivity contribution is 6.31. The number of aromatic nitrogens is 1. The van der Waals surface area contributed by atoms with Crippen molar-refractivity contribution in [3.8, 4) is 11.8 Å². The number of pyridine rings is 1. The summed E-state index contributed by atoms with van der Waals surface area (Å²) < 4.78 is 6.37. The van der Waals surface area contributed by atoms with Gasteiger partial charge in [-0.2, -0.15) is 5.26 Å². The summed E-state index contributed by atoms with van der Waals surface area (Å²) in [7, 11) is 0. The van der Waals surface area contributed by atoms with E-state index in [1.165, 1.54) is 0 Å². The fourth-order valence-electron chi connectivity index (χ4n) is 5.78. The average Bonchev–Trinajstić information content (AvgIpc) is 3.00. The highest BCUT2D eigenvalue weighted by Gasteiger charge is 2.67. The van der Waals surface area contributed by atoms with Crippen LogP contribution in [0.1, 0.15) is 74.6 Å². The molecule has 1 aromatic carbocycles. The van der Waals surface area contributed by atoms with Crippen molar-refractivity contribution in [1.82, 2.24) is 9.88 Å². The molecule has 0 saturated heterocycles. The van der Waals surface area contributed by atoms with Crippen LogP contribution in [0.25, 0.3) is 0 Å². The van der Waals surface area contributed by atoms with Gasteiger partial charge in [-0.1, -0.05) is 53.1 Å². The van der Waals surface area contributed by atoms with Gasteiger partial charge in [0.25, 0.3) is 5.91 Å². The number of benzene rings is 1. The number of carbonyl (C=O) groups is 1. The maximum Gasteiger partial charge on any atom is 0.256 e. The Morgan fingerprint density at radius 3 is 2.48 bits per heavy atom. The molecule has 1 aliphatic carbocycles. The first-order chi connectivity index (χ1) is 14.5. The van der Waals surface area contributed by atoms with Crippen LogP contribution in [0.15, 0.2) is 30.5 Å². The third kappa shape index (κ3) is 3.29. The van der Waals surface area contributed by atoms with Crippen LogP contribution in [-0.2, 0) is 6.54 Å². The largest absolute Gasteiger partial charge is 0.489 e. The minimum Gasteiger partial charge on any atom is -0.489 e. The van der Waals surface area contributed by atoms with Gasteiger partial charge in [0.1, 0.15) is 17.9 Å². The molecule has 0 atom stereocenters. The SMILES string of the molecule is CC(C)c1cc2c(cn1)C(=O)N(C1C(C)(C)C(Oc3ccc(C#N)c(Cl)c3)C1(C)C)C2. The lowest BCUT2D eigenvalue weighted by molar-refractivity contribution is -0.199. The van der Waals surface area contributed by atoms with Gasteiger partial charge in [-0.05, 0) is 29.7 Å². The third-order valence-corrected chi connectivity index (χ3v) is 7.13. The van der Waals surface area contributed by atoms with Gasteiger partial charge >= 0.3 is 0 Å². The molecule has 4 rings (SSSR count). The first-order valence-electron chi connectivity index (χ1n) is 10.6. The van der Waals surface area contributed by atoms with E-state index < -0.39 is 0 Å². The van der Waals surface area contributed by atoms with Gasteiger partial charge in [-0.15, -0.1) is 0 Å². The lowest BCUT2D eigenvalue weighted by Crippen LogP contribution is -2.74. The molecule has 0 radical (unpaired) electrons. The van der Waals surface area contributed by atoms with E-state index in [1.807, 2.05) is 4.90 Å². The summed E-state index contributed by atoms with van der Waals surface area (Å²) in [6.07, 6.45) is 1.62. The van der Waals surface area contributed by atoms with E-state index in [4.69, 9.17) is 21.6 Å². The number of carbonyl (C=O) groups excluding carboxylic acids is 1. The standard InChI is InChI=1S/C25H28ClN3O2/c1-14(2)20-9-16-13-29(21(30)18(16)12-28-20)22-24(3,4)23(25(22,5)6)31-17-8-7-15(11-27)19(26)10-17/h7-10,12,14,22-23H,13H2,1-6H3. The third-order valence-electron chi connectivity index (χ3n) is 6.82. The van der Waals surface area contributed by atoms with Crippen molar-refractivity contribution in [2.75, 3.05) is 0 Å². The molecule has 2 aliphatic rings. The minimum absolute atomic E-state index is 0.0150. The summed E-state index contributed by atoms with van der Waals surface area (Å²) >= 11 is 6.19. The van der Waals surface area contributed by atoms with Crippen LogP contribution in [0.4, 0.5) is 0 Å². The fourth-order valence-corrected chi connectivity index (χ4v) is 6.00. The molecule has 0 N–H and O–H groups in total. The van der Waals surface area contributed by atoms with Gasteiger partial charge in [0.2, 0.25) is 0 Å². The molecular weight excluding hydrogens is 410 g/mol. The molecule has 1 amide bonds. The van der Waals surface area contributed by atoms with Crippen LogP contribution in [0.5, 0.6) is 5.75 Å². The fraction of sp³-hybridized carbons (Fsp3) is 0.480. The summed E-state index contributed by atoms with van der Waals surface area (Å²) in [4.78, 5) is 19.7. The van der Waals surface area contributed by atoms with Crippen molar-refractivity contribution in [1.29, 1.82) is 5.26 Å². The molecule has 2 aromatic rings. The molecule has 5 nitrogen and oxygen atoms in total. The van der Waals surface area contributed by atoms with E-state index in [-0.39, 0.29) is 28.9 Å². The molecule has 1 saturated carbocycles. The second-order valence-corrected chi connectivity index (χ2v) is 10.6. The normalized spacial score (nSPS) is 23.3. The van der Waals surface area contributed by atoms with Crippen LogP contribution >= 0.6 is 11.6 Å². The topological polar surface area (TPSA) is 66.2 Å². The minimum atomic E-state index is -0.268. The number of rotatable bonds is 4. The molecule has 31 heavy (non-hydrogen) atoms. The number of fused-ring (bicyclic) bond motifs is 1. The zero-order valence-electron chi connectivity index (χ0n) is 18.9. The van der Waals surface area contributed by atoms with Crippen molar-refractivity contribution in [2.45, 2.75) is 66.2 Å². The summed E-state index contributed by atoms with van der Waals surface area (Å²) in [5.74, 6) is 1.00. The van der Waals surface area contributed by atoms with E-state index in [0.29, 0.717) is 34.4 Å². The first-order valence-corrected chi connectivity index (χ1v) is 11.0. The van der Waals surface area contributed by atoms with Crippen LogP contribution in [0.2, 0.25) is 5.02 Å². The zero-order valence-corrected chi connectivity index (χ0v) is 19.6. The molecule has 162 valence electrons. The van der Waals surface area contributed by atoms with Crippen molar-refractivity contribution >= 4 is 17.5 Å². The summed E-state index contributed by atoms with van der Waals surface area (Å²) in [6.45, 7) is 13.4. The number of amides is 1. The smallest absolute Gasteiger partial charge is 0.256 e. The summed E-state index contributed by atoms with van der Waals surface area (Å²) in [5.41, 5.74) is 2.66. The highest BCUT2D eigenvalue weighted by atomic mass is 35.5. The molecule has 1 aromatic heterocycles. The van der Waals surface area contributed by atoms with Crippen LogP contribution < -0.4 is 4.74 Å². The Hall–Kier alpha value is -2.58. The van der Waals surface area contributed by atoms with Crippen LogP contribution in [-0.4, -0.2) is 27.9 Å². The number of ether oxygens (including phenoxy) is 1. The lowest BCUT2D eigenvalue weighted by Gasteiger charge is -2.65. The van der Waals surface area contributed by atoms with Crippen molar-refractivity contribution in [2.24, 2.45) is 10.8 Å². The zero-order chi connectivity index (χ0) is 22.7. The van der Waals surface area contributed by atoms with E-state index >= 15 is 0 Å². The quantitative estimate of drug-likeness (QED) is 0.627. The van der Waals surface area contributed by atoms with E-state index in [9.17, 15) is 4.79 Å². The van der Waals surface area contributed by atoms with E-state index in [0.717, 1.165) is 11.3 Å². The first kappa shape index (κ1) is 21.6. The maximum absolute atomic E-state index is 13.3. The second kappa shape index (κ2) is 7.24. The van der Waals surface area contributed by atoms with Gasteiger partial charge in [-0.3, -0.25) is 9.78 Å². The predicted molar refractivity (Wildman–Crippen MR) is 120 cm³/mol. The summed E-state index contributed by atoms with van der Waals surface area (Å²) in [6, 6.07) is 9.30. The number of halogens is 1. The second-order valence-electron chi connectivity index (χ2n) is 10.2. The molecule has 1 aliphatic heterocycles. The Morgan fingerprint density at radius 2 is 1.90 bits per heavy atom. The van der Waals surface area contributed by atoms with Gasteiger partial charge in [0, 0.05) is 41.4 Å². The molecule has 0 spiro atoms. The van der Waals surface area contributed by atoms with Crippen molar-refractivity contribution in [3.63, 3.8) is 0 Å². The highest BCUT2D eigenvalue weighted by Crippen LogP contribution is 2.59.